The number of amides is 1. The SMILES string of the molecule is CCOc1ccccc1CNC(=O)c1ccc(N(Cc2ccccc2C)S(C)(=O)=O)cc1. The van der Waals surface area contributed by atoms with Gasteiger partial charge in [0.05, 0.1) is 25.1 Å². The fraction of sp³-hybridized carbons (Fsp3) is 0.240. The van der Waals surface area contributed by atoms with Crippen molar-refractivity contribution in [3.63, 3.8) is 0 Å². The number of hydrogen-bond acceptors (Lipinski definition) is 4. The van der Waals surface area contributed by atoms with E-state index in [9.17, 15) is 13.2 Å². The molecule has 3 rings (SSSR count). The molecule has 0 fully saturated rings. The largest absolute Gasteiger partial charge is 0.494 e. The van der Waals surface area contributed by atoms with Gasteiger partial charge in [-0.2, -0.15) is 0 Å². The molecule has 0 radical (unpaired) electrons. The van der Waals surface area contributed by atoms with Crippen LogP contribution in [-0.4, -0.2) is 27.2 Å². The third-order valence-corrected chi connectivity index (χ3v) is 6.25. The van der Waals surface area contributed by atoms with Gasteiger partial charge in [-0.3, -0.25) is 9.10 Å². The fourth-order valence-corrected chi connectivity index (χ4v) is 4.22. The molecule has 0 spiro atoms. The molecule has 0 aliphatic rings. The van der Waals surface area contributed by atoms with Crippen molar-refractivity contribution in [1.29, 1.82) is 0 Å². The molecule has 3 aromatic rings. The highest BCUT2D eigenvalue weighted by atomic mass is 32.2. The zero-order valence-corrected chi connectivity index (χ0v) is 19.4. The van der Waals surface area contributed by atoms with Crippen LogP contribution in [0.5, 0.6) is 5.75 Å². The number of carbonyl (C=O) groups excluding carboxylic acids is 1. The molecule has 0 aliphatic heterocycles. The van der Waals surface area contributed by atoms with Gasteiger partial charge >= 0.3 is 0 Å². The topological polar surface area (TPSA) is 75.7 Å². The van der Waals surface area contributed by atoms with E-state index in [1.165, 1.54) is 10.6 Å². The lowest BCUT2D eigenvalue weighted by Crippen LogP contribution is -2.29. The molecule has 0 aliphatic carbocycles. The first-order valence-corrected chi connectivity index (χ1v) is 12.3. The van der Waals surface area contributed by atoms with Gasteiger partial charge in [0.15, 0.2) is 0 Å². The number of hydrogen-bond donors (Lipinski definition) is 1. The number of benzene rings is 3. The second-order valence-corrected chi connectivity index (χ2v) is 9.37. The maximum absolute atomic E-state index is 12.6. The molecule has 168 valence electrons. The molecule has 32 heavy (non-hydrogen) atoms. The molecule has 1 N–H and O–H groups in total. The van der Waals surface area contributed by atoms with E-state index in [-0.39, 0.29) is 12.5 Å². The molecule has 6 nitrogen and oxygen atoms in total. The smallest absolute Gasteiger partial charge is 0.251 e. The number of nitrogens with zero attached hydrogens (tertiary/aromatic N) is 1. The van der Waals surface area contributed by atoms with Gasteiger partial charge in [-0.15, -0.1) is 0 Å². The summed E-state index contributed by atoms with van der Waals surface area (Å²) in [6.07, 6.45) is 1.18. The monoisotopic (exact) mass is 452 g/mol. The van der Waals surface area contributed by atoms with Crippen LogP contribution in [0.1, 0.15) is 34.0 Å². The van der Waals surface area contributed by atoms with E-state index in [4.69, 9.17) is 4.74 Å². The van der Waals surface area contributed by atoms with Crippen LogP contribution in [0.3, 0.4) is 0 Å². The molecule has 0 atom stereocenters. The molecule has 1 amide bonds. The molecule has 3 aromatic carbocycles. The van der Waals surface area contributed by atoms with Gasteiger partial charge in [0.2, 0.25) is 10.0 Å². The molecule has 0 bridgehead atoms. The predicted molar refractivity (Wildman–Crippen MR) is 127 cm³/mol. The number of aryl methyl sites for hydroxylation is 1. The van der Waals surface area contributed by atoms with Crippen molar-refractivity contribution in [2.75, 3.05) is 17.2 Å². The van der Waals surface area contributed by atoms with Crippen molar-refractivity contribution in [2.45, 2.75) is 26.9 Å². The highest BCUT2D eigenvalue weighted by Gasteiger charge is 2.19. The molecule has 0 aromatic heterocycles. The molecule has 0 saturated carbocycles. The molecular formula is C25H28N2O4S. The third kappa shape index (κ3) is 5.88. The molecule has 7 heteroatoms. The summed E-state index contributed by atoms with van der Waals surface area (Å²) in [5.74, 6) is 0.498. The lowest BCUT2D eigenvalue weighted by Gasteiger charge is -2.23. The lowest BCUT2D eigenvalue weighted by atomic mass is 10.1. The average Bonchev–Trinajstić information content (AvgIpc) is 2.77. The van der Waals surface area contributed by atoms with Crippen LogP contribution in [0.2, 0.25) is 0 Å². The summed E-state index contributed by atoms with van der Waals surface area (Å²) in [7, 11) is -3.50. The highest BCUT2D eigenvalue weighted by Crippen LogP contribution is 2.23. The fourth-order valence-electron chi connectivity index (χ4n) is 3.35. The number of para-hydroxylation sites is 1. The first kappa shape index (κ1) is 23.3. The Bertz CT molecular complexity index is 1170. The Balaban J connectivity index is 1.74. The Morgan fingerprint density at radius 3 is 2.19 bits per heavy atom. The number of ether oxygens (including phenoxy) is 1. The quantitative estimate of drug-likeness (QED) is 0.526. The third-order valence-electron chi connectivity index (χ3n) is 5.10. The van der Waals surface area contributed by atoms with E-state index in [1.807, 2.05) is 62.4 Å². The molecule has 0 unspecified atom stereocenters. The summed E-state index contributed by atoms with van der Waals surface area (Å²) in [4.78, 5) is 12.6. The second-order valence-electron chi connectivity index (χ2n) is 7.47. The first-order valence-electron chi connectivity index (χ1n) is 10.4. The van der Waals surface area contributed by atoms with Crippen LogP contribution in [0.25, 0.3) is 0 Å². The maximum atomic E-state index is 12.6. The highest BCUT2D eigenvalue weighted by molar-refractivity contribution is 7.92. The number of carbonyl (C=O) groups is 1. The second kappa shape index (κ2) is 10.3. The minimum absolute atomic E-state index is 0.227. The Hall–Kier alpha value is -3.32. The van der Waals surface area contributed by atoms with Crippen molar-refractivity contribution in [3.05, 3.63) is 95.1 Å². The average molecular weight is 453 g/mol. The van der Waals surface area contributed by atoms with Gasteiger partial charge in [0, 0.05) is 17.7 Å². The summed E-state index contributed by atoms with van der Waals surface area (Å²) >= 11 is 0. The number of anilines is 1. The van der Waals surface area contributed by atoms with Crippen molar-refractivity contribution >= 4 is 21.6 Å². The van der Waals surface area contributed by atoms with Crippen molar-refractivity contribution in [1.82, 2.24) is 5.32 Å². The summed E-state index contributed by atoms with van der Waals surface area (Å²) in [5.41, 5.74) is 3.79. The Morgan fingerprint density at radius 1 is 0.938 bits per heavy atom. The van der Waals surface area contributed by atoms with Gasteiger partial charge in [-0.1, -0.05) is 42.5 Å². The Morgan fingerprint density at radius 2 is 1.56 bits per heavy atom. The van der Waals surface area contributed by atoms with Gasteiger partial charge in [0.1, 0.15) is 5.75 Å². The maximum Gasteiger partial charge on any atom is 0.251 e. The van der Waals surface area contributed by atoms with E-state index in [2.05, 4.69) is 5.32 Å². The summed E-state index contributed by atoms with van der Waals surface area (Å²) in [6.45, 7) is 4.97. The summed E-state index contributed by atoms with van der Waals surface area (Å²) < 4.78 is 31.8. The number of nitrogens with one attached hydrogen (secondary N) is 1. The van der Waals surface area contributed by atoms with Crippen LogP contribution < -0.4 is 14.4 Å². The van der Waals surface area contributed by atoms with Gasteiger partial charge in [-0.05, 0) is 55.3 Å². The lowest BCUT2D eigenvalue weighted by molar-refractivity contribution is 0.0950. The van der Waals surface area contributed by atoms with E-state index < -0.39 is 10.0 Å². The predicted octanol–water partition coefficient (Wildman–Crippen LogP) is 4.29. The first-order chi connectivity index (χ1) is 15.3. The normalized spacial score (nSPS) is 11.1. The number of sulfonamides is 1. The van der Waals surface area contributed by atoms with Crippen molar-refractivity contribution in [3.8, 4) is 5.75 Å². The standard InChI is InChI=1S/C25H28N2O4S/c1-4-31-24-12-8-7-10-21(24)17-26-25(28)20-13-15-23(16-14-20)27(32(3,29)30)18-22-11-6-5-9-19(22)2/h5-16H,4,17-18H2,1-3H3,(H,26,28). The van der Waals surface area contributed by atoms with E-state index >= 15 is 0 Å². The van der Waals surface area contributed by atoms with Crippen LogP contribution in [0.15, 0.2) is 72.8 Å². The van der Waals surface area contributed by atoms with Crippen LogP contribution in [-0.2, 0) is 23.1 Å². The van der Waals surface area contributed by atoms with E-state index in [0.717, 1.165) is 22.4 Å². The van der Waals surface area contributed by atoms with Crippen molar-refractivity contribution < 1.29 is 17.9 Å². The van der Waals surface area contributed by atoms with E-state index in [1.54, 1.807) is 24.3 Å². The van der Waals surface area contributed by atoms with Gasteiger partial charge < -0.3 is 10.1 Å². The summed E-state index contributed by atoms with van der Waals surface area (Å²) in [5, 5.41) is 2.89. The molecular weight excluding hydrogens is 424 g/mol. The van der Waals surface area contributed by atoms with Crippen LogP contribution in [0.4, 0.5) is 5.69 Å². The number of rotatable bonds is 9. The Kier molecular flexibility index (Phi) is 7.53. The zero-order chi connectivity index (χ0) is 23.1. The van der Waals surface area contributed by atoms with E-state index in [0.29, 0.717) is 24.4 Å². The van der Waals surface area contributed by atoms with Gasteiger partial charge in [-0.25, -0.2) is 8.42 Å². The van der Waals surface area contributed by atoms with Crippen LogP contribution in [0, 0.1) is 6.92 Å². The minimum Gasteiger partial charge on any atom is -0.494 e. The zero-order valence-electron chi connectivity index (χ0n) is 18.5. The summed E-state index contributed by atoms with van der Waals surface area (Å²) in [6, 6.07) is 21.8. The molecule has 0 heterocycles. The van der Waals surface area contributed by atoms with Gasteiger partial charge in [0.25, 0.3) is 5.91 Å². The molecule has 0 saturated heterocycles. The van der Waals surface area contributed by atoms with Crippen LogP contribution >= 0.6 is 0 Å². The minimum atomic E-state index is -3.50. The Labute approximate surface area is 189 Å². The van der Waals surface area contributed by atoms with Crippen molar-refractivity contribution in [2.24, 2.45) is 0 Å².